The Balaban J connectivity index is 0.000000231. The first kappa shape index (κ1) is 34.1. The van der Waals surface area contributed by atoms with Crippen LogP contribution in [0.25, 0.3) is 83.6 Å². The molecule has 0 bridgehead atoms. The molecule has 9 rings (SSSR count). The molecule has 0 spiro atoms. The third kappa shape index (κ3) is 7.19. The number of benzene rings is 8. The third-order valence-corrected chi connectivity index (χ3v) is 9.73. The number of imidazole rings is 1. The number of aromatic amines is 1. The van der Waals surface area contributed by atoms with Gasteiger partial charge in [0.2, 0.25) is 0 Å². The summed E-state index contributed by atoms with van der Waals surface area (Å²) >= 11 is 0. The molecule has 258 valence electrons. The molecule has 2 nitrogen and oxygen atoms in total. The maximum Gasteiger partial charge on any atom is 0.138 e. The number of rotatable bonds is 7. The van der Waals surface area contributed by atoms with Gasteiger partial charge in [0, 0.05) is 11.1 Å². The van der Waals surface area contributed by atoms with Gasteiger partial charge in [-0.3, -0.25) is 0 Å². The molecule has 0 fully saturated rings. The SMILES string of the molecule is C=C(C)c1ccccc1-c1ccccc1.c1ccc(-c2nc3c(-c4ccccc4-c4ccccc4)cc(-c4ccccc4-c4ccccc4)cc3[nH]2)cc1. The van der Waals surface area contributed by atoms with Crippen molar-refractivity contribution in [3.63, 3.8) is 0 Å². The van der Waals surface area contributed by atoms with Crippen molar-refractivity contribution in [1.29, 1.82) is 0 Å². The van der Waals surface area contributed by atoms with Crippen LogP contribution in [0.2, 0.25) is 0 Å². The zero-order valence-electron chi connectivity index (χ0n) is 30.3. The summed E-state index contributed by atoms with van der Waals surface area (Å²) in [4.78, 5) is 8.79. The molecule has 0 aliphatic carbocycles. The molecule has 54 heavy (non-hydrogen) atoms. The molecule has 0 radical (unpaired) electrons. The summed E-state index contributed by atoms with van der Waals surface area (Å²) < 4.78 is 0. The van der Waals surface area contributed by atoms with Crippen LogP contribution in [0.4, 0.5) is 0 Å². The van der Waals surface area contributed by atoms with Crippen molar-refractivity contribution in [3.8, 4) is 67.0 Å². The second-order valence-corrected chi connectivity index (χ2v) is 13.4. The molecule has 1 heterocycles. The molecule has 0 saturated carbocycles. The van der Waals surface area contributed by atoms with Crippen LogP contribution in [0.3, 0.4) is 0 Å². The van der Waals surface area contributed by atoms with Gasteiger partial charge in [-0.25, -0.2) is 4.98 Å². The number of H-pyrrole nitrogens is 1. The van der Waals surface area contributed by atoms with Gasteiger partial charge in [-0.15, -0.1) is 0 Å². The molecule has 0 aliphatic heterocycles. The molecule has 0 atom stereocenters. The average molecular weight is 693 g/mol. The fraction of sp³-hybridized carbons (Fsp3) is 0.0192. The Hall–Kier alpha value is -7.03. The lowest BCUT2D eigenvalue weighted by Crippen LogP contribution is -1.90. The zero-order chi connectivity index (χ0) is 36.7. The minimum absolute atomic E-state index is 0.873. The van der Waals surface area contributed by atoms with Crippen LogP contribution in [0.1, 0.15) is 12.5 Å². The highest BCUT2D eigenvalue weighted by atomic mass is 14.9. The van der Waals surface area contributed by atoms with Crippen LogP contribution in [-0.4, -0.2) is 9.97 Å². The van der Waals surface area contributed by atoms with Crippen molar-refractivity contribution in [2.45, 2.75) is 6.92 Å². The van der Waals surface area contributed by atoms with E-state index >= 15 is 0 Å². The number of nitrogens with zero attached hydrogens (tertiary/aromatic N) is 1. The Kier molecular flexibility index (Phi) is 9.90. The molecular formula is C52H40N2. The lowest BCUT2D eigenvalue weighted by Gasteiger charge is -2.15. The summed E-state index contributed by atoms with van der Waals surface area (Å²) in [7, 11) is 0. The van der Waals surface area contributed by atoms with E-state index in [0.29, 0.717) is 0 Å². The van der Waals surface area contributed by atoms with Gasteiger partial charge in [0.05, 0.1) is 11.0 Å². The van der Waals surface area contributed by atoms with Crippen molar-refractivity contribution in [2.24, 2.45) is 0 Å². The van der Waals surface area contributed by atoms with E-state index in [-0.39, 0.29) is 0 Å². The van der Waals surface area contributed by atoms with Crippen LogP contribution in [0.5, 0.6) is 0 Å². The Labute approximate surface area is 317 Å². The summed E-state index contributed by atoms with van der Waals surface area (Å²) in [6, 6.07) is 72.1. The first-order valence-electron chi connectivity index (χ1n) is 18.3. The van der Waals surface area contributed by atoms with Crippen molar-refractivity contribution in [2.75, 3.05) is 0 Å². The first-order valence-corrected chi connectivity index (χ1v) is 18.3. The minimum Gasteiger partial charge on any atom is -0.338 e. The van der Waals surface area contributed by atoms with Gasteiger partial charge < -0.3 is 4.98 Å². The molecule has 0 saturated heterocycles. The second-order valence-electron chi connectivity index (χ2n) is 13.4. The molecule has 0 amide bonds. The summed E-state index contributed by atoms with van der Waals surface area (Å²) in [5, 5.41) is 0. The summed E-state index contributed by atoms with van der Waals surface area (Å²) in [5.41, 5.74) is 17.3. The maximum absolute atomic E-state index is 5.15. The second kappa shape index (κ2) is 15.7. The van der Waals surface area contributed by atoms with E-state index in [9.17, 15) is 0 Å². The largest absolute Gasteiger partial charge is 0.338 e. The molecule has 0 aliphatic rings. The Morgan fingerprint density at radius 2 is 0.778 bits per heavy atom. The molecule has 1 N–H and O–H groups in total. The van der Waals surface area contributed by atoms with E-state index in [2.05, 4.69) is 206 Å². The van der Waals surface area contributed by atoms with Gasteiger partial charge >= 0.3 is 0 Å². The Morgan fingerprint density at radius 1 is 0.389 bits per heavy atom. The highest BCUT2D eigenvalue weighted by Crippen LogP contribution is 2.41. The molecule has 0 unspecified atom stereocenters. The van der Waals surface area contributed by atoms with Gasteiger partial charge in [-0.1, -0.05) is 206 Å². The first-order chi connectivity index (χ1) is 26.6. The van der Waals surface area contributed by atoms with Gasteiger partial charge in [-0.2, -0.15) is 0 Å². The highest BCUT2D eigenvalue weighted by Gasteiger charge is 2.18. The fourth-order valence-electron chi connectivity index (χ4n) is 7.13. The minimum atomic E-state index is 0.873. The van der Waals surface area contributed by atoms with Crippen molar-refractivity contribution >= 4 is 16.6 Å². The maximum atomic E-state index is 5.15. The molecular weight excluding hydrogens is 653 g/mol. The number of fused-ring (bicyclic) bond motifs is 1. The van der Waals surface area contributed by atoms with Crippen LogP contribution >= 0.6 is 0 Å². The van der Waals surface area contributed by atoms with E-state index in [1.807, 2.05) is 19.1 Å². The normalized spacial score (nSPS) is 10.8. The Bertz CT molecular complexity index is 2660. The lowest BCUT2D eigenvalue weighted by molar-refractivity contribution is 1.34. The van der Waals surface area contributed by atoms with Gasteiger partial charge in [-0.05, 0) is 74.7 Å². The lowest BCUT2D eigenvalue weighted by atomic mass is 9.89. The monoisotopic (exact) mass is 692 g/mol. The van der Waals surface area contributed by atoms with Crippen LogP contribution in [0.15, 0.2) is 213 Å². The standard InChI is InChI=1S/C37H26N2.C15H14/c1-4-14-26(15-5-1)30-20-10-11-22-32(30)29-24-34(33-23-13-12-21-31(33)27-16-6-2-7-17-27)36-35(25-29)38-37(39-36)28-18-8-3-9-19-28;1-12(2)14-10-6-7-11-15(14)13-8-4-3-5-9-13/h1-25H,(H,38,39);3-11H,1H2,2H3. The van der Waals surface area contributed by atoms with Crippen LogP contribution in [0, 0.1) is 0 Å². The third-order valence-electron chi connectivity index (χ3n) is 9.73. The van der Waals surface area contributed by atoms with Gasteiger partial charge in [0.15, 0.2) is 0 Å². The summed E-state index contributed by atoms with van der Waals surface area (Å²) in [6.45, 7) is 6.05. The van der Waals surface area contributed by atoms with Crippen LogP contribution < -0.4 is 0 Å². The molecule has 2 heteroatoms. The number of nitrogens with one attached hydrogen (secondary N) is 1. The predicted molar refractivity (Wildman–Crippen MR) is 230 cm³/mol. The van der Waals surface area contributed by atoms with Crippen LogP contribution in [-0.2, 0) is 0 Å². The number of hydrogen-bond acceptors (Lipinski definition) is 1. The van der Waals surface area contributed by atoms with E-state index in [0.717, 1.165) is 39.1 Å². The summed E-state index contributed by atoms with van der Waals surface area (Å²) in [5.74, 6) is 0.873. The van der Waals surface area contributed by atoms with E-state index in [1.54, 1.807) is 0 Å². The van der Waals surface area contributed by atoms with Crippen molar-refractivity contribution in [3.05, 3.63) is 218 Å². The smallest absolute Gasteiger partial charge is 0.138 e. The quantitative estimate of drug-likeness (QED) is 0.177. The zero-order valence-corrected chi connectivity index (χ0v) is 30.3. The average Bonchev–Trinajstić information content (AvgIpc) is 3.69. The molecule has 9 aromatic rings. The fourth-order valence-corrected chi connectivity index (χ4v) is 7.13. The summed E-state index contributed by atoms with van der Waals surface area (Å²) in [6.07, 6.45) is 0. The number of allylic oxidation sites excluding steroid dienone is 1. The van der Waals surface area contributed by atoms with Crippen molar-refractivity contribution < 1.29 is 0 Å². The van der Waals surface area contributed by atoms with E-state index in [4.69, 9.17) is 4.98 Å². The topological polar surface area (TPSA) is 28.7 Å². The predicted octanol–water partition coefficient (Wildman–Crippen LogP) is 14.3. The number of hydrogen-bond donors (Lipinski definition) is 1. The Morgan fingerprint density at radius 3 is 1.30 bits per heavy atom. The molecule has 8 aromatic carbocycles. The highest BCUT2D eigenvalue weighted by molar-refractivity contribution is 6.02. The van der Waals surface area contributed by atoms with E-state index in [1.165, 1.54) is 50.1 Å². The van der Waals surface area contributed by atoms with Crippen molar-refractivity contribution in [1.82, 2.24) is 9.97 Å². The number of aromatic nitrogens is 2. The molecule has 1 aromatic heterocycles. The van der Waals surface area contributed by atoms with Gasteiger partial charge in [0.1, 0.15) is 5.82 Å². The van der Waals surface area contributed by atoms with Gasteiger partial charge in [0.25, 0.3) is 0 Å². The van der Waals surface area contributed by atoms with E-state index < -0.39 is 0 Å².